The minimum Gasteiger partial charge on any atom is -0.333 e. The highest BCUT2D eigenvalue weighted by Crippen LogP contribution is 2.55. The maximum Gasteiger partial charge on any atom is 0.102 e. The van der Waals surface area contributed by atoms with Crippen molar-refractivity contribution in [3.8, 4) is 11.1 Å². The molecule has 0 fully saturated rings. The Balaban J connectivity index is 1.17. The monoisotopic (exact) mass is 650 g/mol. The molecule has 48 heavy (non-hydrogen) atoms. The Bertz CT molecular complexity index is 2490. The van der Waals surface area contributed by atoms with E-state index in [0.29, 0.717) is 0 Å². The van der Waals surface area contributed by atoms with E-state index >= 15 is 0 Å². The Labute approximate surface area is 287 Å². The Morgan fingerprint density at radius 3 is 1.98 bits per heavy atom. The molecule has 4 heteroatoms. The van der Waals surface area contributed by atoms with Crippen LogP contribution in [0.5, 0.6) is 0 Å². The van der Waals surface area contributed by atoms with Crippen LogP contribution in [0.1, 0.15) is 11.5 Å². The van der Waals surface area contributed by atoms with E-state index in [1.165, 1.54) is 69.7 Å². The molecule has 1 aliphatic carbocycles. The summed E-state index contributed by atoms with van der Waals surface area (Å²) in [4.78, 5) is 5.06. The molecule has 8 aromatic rings. The van der Waals surface area contributed by atoms with Crippen molar-refractivity contribution in [1.29, 1.82) is 0 Å². The van der Waals surface area contributed by atoms with E-state index in [0.717, 1.165) is 5.69 Å². The van der Waals surface area contributed by atoms with Crippen molar-refractivity contribution in [1.82, 2.24) is 0 Å². The zero-order valence-electron chi connectivity index (χ0n) is 26.0. The van der Waals surface area contributed by atoms with Gasteiger partial charge in [-0.15, -0.1) is 22.7 Å². The van der Waals surface area contributed by atoms with Crippen LogP contribution in [0.2, 0.25) is 0 Å². The summed E-state index contributed by atoms with van der Waals surface area (Å²) in [7, 11) is 0. The van der Waals surface area contributed by atoms with Gasteiger partial charge in [-0.1, -0.05) is 115 Å². The molecule has 2 aromatic heterocycles. The standard InChI is InChI=1S/C44H30N2S2/c1-3-11-29(12-4-1)30-19-21-32(22-20-30)45(42-28-41-40(48-42)25-26-47-41)33-23-24-38-39(27-33)46(31-13-5-2-6-14-31)44-37-18-10-8-16-35(37)34-15-7-9-17-36(34)43(38)44/h1-28,38-39H. The highest BCUT2D eigenvalue weighted by molar-refractivity contribution is 7.29. The zero-order valence-corrected chi connectivity index (χ0v) is 27.7. The summed E-state index contributed by atoms with van der Waals surface area (Å²) in [5, 5.41) is 8.70. The van der Waals surface area contributed by atoms with Crippen LogP contribution in [-0.2, 0) is 0 Å². The maximum absolute atomic E-state index is 2.60. The molecule has 0 bridgehead atoms. The van der Waals surface area contributed by atoms with Gasteiger partial charge in [0.2, 0.25) is 0 Å². The number of rotatable bonds is 5. The molecule has 10 rings (SSSR count). The van der Waals surface area contributed by atoms with Gasteiger partial charge in [0.1, 0.15) is 5.00 Å². The fourth-order valence-electron chi connectivity index (χ4n) is 7.79. The average Bonchev–Trinajstić information content (AvgIpc) is 3.86. The van der Waals surface area contributed by atoms with Gasteiger partial charge < -0.3 is 9.80 Å². The predicted octanol–water partition coefficient (Wildman–Crippen LogP) is 12.8. The number of hydrogen-bond acceptors (Lipinski definition) is 4. The van der Waals surface area contributed by atoms with Gasteiger partial charge in [-0.25, -0.2) is 0 Å². The van der Waals surface area contributed by atoms with Crippen molar-refractivity contribution in [2.24, 2.45) is 0 Å². The van der Waals surface area contributed by atoms with Crippen LogP contribution in [0.15, 0.2) is 175 Å². The molecule has 0 saturated heterocycles. The first-order valence-electron chi connectivity index (χ1n) is 16.4. The molecular weight excluding hydrogens is 621 g/mol. The normalized spacial score (nSPS) is 16.8. The number of allylic oxidation sites excluding steroid dienone is 1. The molecule has 6 aromatic carbocycles. The van der Waals surface area contributed by atoms with Crippen LogP contribution in [0.4, 0.5) is 22.1 Å². The Kier molecular flexibility index (Phi) is 6.39. The topological polar surface area (TPSA) is 6.48 Å². The van der Waals surface area contributed by atoms with Crippen molar-refractivity contribution in [3.05, 3.63) is 180 Å². The van der Waals surface area contributed by atoms with E-state index in [1.807, 2.05) is 22.7 Å². The lowest BCUT2D eigenvalue weighted by Gasteiger charge is -2.33. The van der Waals surface area contributed by atoms with Crippen LogP contribution >= 0.6 is 22.7 Å². The molecule has 0 saturated carbocycles. The van der Waals surface area contributed by atoms with Crippen LogP contribution in [0, 0.1) is 0 Å². The largest absolute Gasteiger partial charge is 0.333 e. The van der Waals surface area contributed by atoms with E-state index in [2.05, 4.69) is 179 Å². The molecule has 2 atom stereocenters. The maximum atomic E-state index is 2.60. The van der Waals surface area contributed by atoms with Gasteiger partial charge in [0.15, 0.2) is 0 Å². The second-order valence-corrected chi connectivity index (χ2v) is 14.5. The van der Waals surface area contributed by atoms with Crippen molar-refractivity contribution in [2.45, 2.75) is 12.0 Å². The third kappa shape index (κ3) is 4.30. The molecule has 2 nitrogen and oxygen atoms in total. The SMILES string of the molecule is C1=CC2c3c(c4ccccc4c4ccccc34)N(c3ccccc3)C2C=C1N(c1ccc(-c2ccccc2)cc1)c1cc2sccc2s1. The summed E-state index contributed by atoms with van der Waals surface area (Å²) in [5.41, 5.74) is 8.76. The third-order valence-corrected chi connectivity index (χ3v) is 12.0. The number of thiophene rings is 2. The Morgan fingerprint density at radius 1 is 0.583 bits per heavy atom. The number of hydrogen-bond donors (Lipinski definition) is 0. The van der Waals surface area contributed by atoms with E-state index in [-0.39, 0.29) is 12.0 Å². The highest BCUT2D eigenvalue weighted by atomic mass is 32.1. The van der Waals surface area contributed by atoms with E-state index in [9.17, 15) is 0 Å². The molecule has 2 unspecified atom stereocenters. The molecule has 0 N–H and O–H groups in total. The first-order chi connectivity index (χ1) is 23.8. The van der Waals surface area contributed by atoms with Crippen LogP contribution in [0.3, 0.4) is 0 Å². The number of anilines is 4. The van der Waals surface area contributed by atoms with Gasteiger partial charge >= 0.3 is 0 Å². The number of nitrogens with zero attached hydrogens (tertiary/aromatic N) is 2. The van der Waals surface area contributed by atoms with Gasteiger partial charge in [-0.05, 0) is 86.8 Å². The molecule has 2 aliphatic rings. The van der Waals surface area contributed by atoms with Crippen molar-refractivity contribution < 1.29 is 0 Å². The molecule has 0 spiro atoms. The molecule has 228 valence electrons. The minimum absolute atomic E-state index is 0.115. The fourth-order valence-corrected chi connectivity index (χ4v) is 9.93. The fraction of sp³-hybridized carbons (Fsp3) is 0.0455. The van der Waals surface area contributed by atoms with Crippen LogP contribution < -0.4 is 9.80 Å². The van der Waals surface area contributed by atoms with Gasteiger partial charge in [-0.2, -0.15) is 0 Å². The van der Waals surface area contributed by atoms with Gasteiger partial charge in [0.25, 0.3) is 0 Å². The lowest BCUT2D eigenvalue weighted by Crippen LogP contribution is -2.31. The summed E-state index contributed by atoms with van der Waals surface area (Å²) >= 11 is 3.67. The lowest BCUT2D eigenvalue weighted by molar-refractivity contribution is 0.738. The second kappa shape index (κ2) is 11.1. The van der Waals surface area contributed by atoms with E-state index in [1.54, 1.807) is 0 Å². The Morgan fingerprint density at radius 2 is 1.23 bits per heavy atom. The number of benzene rings is 6. The second-order valence-electron chi connectivity index (χ2n) is 12.5. The van der Waals surface area contributed by atoms with Gasteiger partial charge in [0.05, 0.1) is 11.7 Å². The first kappa shape index (κ1) is 27.7. The summed E-state index contributed by atoms with van der Waals surface area (Å²) in [6, 6.07) is 53.3. The molecular formula is C44H30N2S2. The lowest BCUT2D eigenvalue weighted by atomic mass is 9.85. The smallest absolute Gasteiger partial charge is 0.102 e. The zero-order chi connectivity index (χ0) is 31.6. The van der Waals surface area contributed by atoms with Crippen LogP contribution in [0.25, 0.3) is 42.1 Å². The van der Waals surface area contributed by atoms with Crippen molar-refractivity contribution >= 4 is 75.7 Å². The predicted molar refractivity (Wildman–Crippen MR) is 208 cm³/mol. The summed E-state index contributed by atoms with van der Waals surface area (Å²) < 4.78 is 2.66. The summed E-state index contributed by atoms with van der Waals surface area (Å²) in [6.45, 7) is 0. The van der Waals surface area contributed by atoms with Crippen molar-refractivity contribution in [3.63, 3.8) is 0 Å². The average molecular weight is 651 g/mol. The van der Waals surface area contributed by atoms with Gasteiger partial charge in [0, 0.05) is 37.8 Å². The molecule has 0 radical (unpaired) electrons. The summed E-state index contributed by atoms with van der Waals surface area (Å²) in [5.74, 6) is 0.215. The number of para-hydroxylation sites is 1. The third-order valence-electron chi connectivity index (χ3n) is 9.87. The van der Waals surface area contributed by atoms with Crippen LogP contribution in [-0.4, -0.2) is 6.04 Å². The molecule has 0 amide bonds. The van der Waals surface area contributed by atoms with Crippen molar-refractivity contribution in [2.75, 3.05) is 9.80 Å². The molecule has 3 heterocycles. The number of fused-ring (bicyclic) bond motifs is 9. The first-order valence-corrected chi connectivity index (χ1v) is 18.1. The quantitative estimate of drug-likeness (QED) is 0.171. The van der Waals surface area contributed by atoms with Gasteiger partial charge in [-0.3, -0.25) is 0 Å². The van der Waals surface area contributed by atoms with E-state index < -0.39 is 0 Å². The molecule has 1 aliphatic heterocycles. The highest BCUT2D eigenvalue weighted by Gasteiger charge is 2.41. The summed E-state index contributed by atoms with van der Waals surface area (Å²) in [6.07, 6.45) is 7.34. The minimum atomic E-state index is 0.115. The Hall–Kier alpha value is -5.42. The van der Waals surface area contributed by atoms with E-state index in [4.69, 9.17) is 0 Å².